The monoisotopic (exact) mass is 284 g/mol. The zero-order chi connectivity index (χ0) is 11.8. The summed E-state index contributed by atoms with van der Waals surface area (Å²) in [6.45, 7) is 6.55. The Morgan fingerprint density at radius 1 is 1.38 bits per heavy atom. The number of aromatic nitrogens is 1. The molecule has 16 heavy (non-hydrogen) atoms. The first-order chi connectivity index (χ1) is 7.76. The van der Waals surface area contributed by atoms with E-state index < -0.39 is 0 Å². The Bertz CT molecular complexity index is 284. The summed E-state index contributed by atoms with van der Waals surface area (Å²) in [5.74, 6) is 0.707. The Hall–Kier alpha value is -0.410. The van der Waals surface area contributed by atoms with Gasteiger partial charge in [-0.25, -0.2) is 0 Å². The first-order valence-corrected chi connectivity index (χ1v) is 6.86. The Balaban J connectivity index is 2.49. The number of rotatable bonds is 7. The van der Waals surface area contributed by atoms with Crippen molar-refractivity contribution in [2.45, 2.75) is 33.1 Å². The summed E-state index contributed by atoms with van der Waals surface area (Å²) in [5.41, 5.74) is 1.19. The van der Waals surface area contributed by atoms with Gasteiger partial charge in [-0.2, -0.15) is 0 Å². The highest BCUT2D eigenvalue weighted by Crippen LogP contribution is 2.14. The molecule has 0 fully saturated rings. The normalized spacial score (nSPS) is 12.7. The molecule has 1 aromatic heterocycles. The summed E-state index contributed by atoms with van der Waals surface area (Å²) in [5, 5.41) is 3.43. The molecule has 0 bridgehead atoms. The maximum Gasteiger partial charge on any atom is 0.0413 e. The van der Waals surface area contributed by atoms with Gasteiger partial charge in [-0.3, -0.25) is 4.98 Å². The van der Waals surface area contributed by atoms with Crippen LogP contribution in [0.2, 0.25) is 0 Å². The van der Waals surface area contributed by atoms with Crippen LogP contribution in [-0.4, -0.2) is 18.1 Å². The highest BCUT2D eigenvalue weighted by atomic mass is 79.9. The lowest BCUT2D eigenvalue weighted by molar-refractivity contribution is 0.440. The van der Waals surface area contributed by atoms with Gasteiger partial charge >= 0.3 is 0 Å². The van der Waals surface area contributed by atoms with Crippen LogP contribution in [0.15, 0.2) is 22.8 Å². The molecule has 1 aromatic rings. The van der Waals surface area contributed by atoms with Crippen LogP contribution in [-0.2, 0) is 6.42 Å². The number of pyridine rings is 1. The summed E-state index contributed by atoms with van der Waals surface area (Å²) in [6, 6.07) is 4.18. The molecular weight excluding hydrogens is 264 g/mol. The minimum atomic E-state index is 0.707. The van der Waals surface area contributed by atoms with Crippen molar-refractivity contribution in [3.63, 3.8) is 0 Å². The Morgan fingerprint density at radius 2 is 2.19 bits per heavy atom. The second-order valence-electron chi connectivity index (χ2n) is 4.13. The van der Waals surface area contributed by atoms with Gasteiger partial charge in [0, 0.05) is 16.4 Å². The SMILES string of the molecule is CCCC(CNCC)Cc1ccc(Br)cn1. The van der Waals surface area contributed by atoms with E-state index in [1.165, 1.54) is 18.5 Å². The van der Waals surface area contributed by atoms with Crippen molar-refractivity contribution in [2.24, 2.45) is 5.92 Å². The van der Waals surface area contributed by atoms with Crippen molar-refractivity contribution in [2.75, 3.05) is 13.1 Å². The zero-order valence-electron chi connectivity index (χ0n) is 10.2. The van der Waals surface area contributed by atoms with E-state index in [0.29, 0.717) is 5.92 Å². The van der Waals surface area contributed by atoms with Crippen molar-refractivity contribution < 1.29 is 0 Å². The van der Waals surface area contributed by atoms with Crippen LogP contribution < -0.4 is 5.32 Å². The van der Waals surface area contributed by atoms with Crippen LogP contribution >= 0.6 is 15.9 Å². The fourth-order valence-corrected chi connectivity index (χ4v) is 2.09. The van der Waals surface area contributed by atoms with Gasteiger partial charge in [0.15, 0.2) is 0 Å². The summed E-state index contributed by atoms with van der Waals surface area (Å²) < 4.78 is 1.05. The minimum absolute atomic E-state index is 0.707. The zero-order valence-corrected chi connectivity index (χ0v) is 11.8. The van der Waals surface area contributed by atoms with Crippen molar-refractivity contribution in [3.8, 4) is 0 Å². The molecule has 1 rings (SSSR count). The molecule has 1 N–H and O–H groups in total. The van der Waals surface area contributed by atoms with E-state index >= 15 is 0 Å². The highest BCUT2D eigenvalue weighted by molar-refractivity contribution is 9.10. The number of nitrogens with zero attached hydrogens (tertiary/aromatic N) is 1. The molecule has 0 aliphatic rings. The lowest BCUT2D eigenvalue weighted by Gasteiger charge is -2.15. The molecule has 0 aliphatic carbocycles. The molecule has 0 aliphatic heterocycles. The van der Waals surface area contributed by atoms with E-state index in [0.717, 1.165) is 24.0 Å². The van der Waals surface area contributed by atoms with Crippen LogP contribution in [0.25, 0.3) is 0 Å². The van der Waals surface area contributed by atoms with Gasteiger partial charge in [-0.1, -0.05) is 20.3 Å². The van der Waals surface area contributed by atoms with Gasteiger partial charge in [0.1, 0.15) is 0 Å². The van der Waals surface area contributed by atoms with Gasteiger partial charge in [-0.15, -0.1) is 0 Å². The minimum Gasteiger partial charge on any atom is -0.317 e. The molecule has 2 nitrogen and oxygen atoms in total. The molecule has 1 atom stereocenters. The molecule has 1 unspecified atom stereocenters. The van der Waals surface area contributed by atoms with Crippen molar-refractivity contribution in [1.29, 1.82) is 0 Å². The summed E-state index contributed by atoms with van der Waals surface area (Å²) >= 11 is 3.41. The Morgan fingerprint density at radius 3 is 2.75 bits per heavy atom. The molecule has 0 radical (unpaired) electrons. The Kier molecular flexibility index (Phi) is 6.65. The van der Waals surface area contributed by atoms with Crippen LogP contribution in [0.1, 0.15) is 32.4 Å². The summed E-state index contributed by atoms with van der Waals surface area (Å²) in [7, 11) is 0. The molecular formula is C13H21BrN2. The maximum absolute atomic E-state index is 4.43. The van der Waals surface area contributed by atoms with Crippen molar-refractivity contribution in [1.82, 2.24) is 10.3 Å². The van der Waals surface area contributed by atoms with E-state index in [9.17, 15) is 0 Å². The molecule has 0 saturated carbocycles. The fraction of sp³-hybridized carbons (Fsp3) is 0.615. The first-order valence-electron chi connectivity index (χ1n) is 6.07. The number of halogens is 1. The van der Waals surface area contributed by atoms with Gasteiger partial charge in [-0.05, 0) is 59.9 Å². The van der Waals surface area contributed by atoms with Crippen LogP contribution in [0.5, 0.6) is 0 Å². The quantitative estimate of drug-likeness (QED) is 0.830. The number of hydrogen-bond acceptors (Lipinski definition) is 2. The molecule has 3 heteroatoms. The second kappa shape index (κ2) is 7.80. The van der Waals surface area contributed by atoms with Gasteiger partial charge in [0.25, 0.3) is 0 Å². The van der Waals surface area contributed by atoms with Crippen LogP contribution in [0.3, 0.4) is 0 Å². The van der Waals surface area contributed by atoms with Gasteiger partial charge in [0.05, 0.1) is 0 Å². The molecule has 0 spiro atoms. The third kappa shape index (κ3) is 5.08. The van der Waals surface area contributed by atoms with Gasteiger partial charge < -0.3 is 5.32 Å². The predicted octanol–water partition coefficient (Wildman–Crippen LogP) is 3.41. The molecule has 0 saturated heterocycles. The summed E-state index contributed by atoms with van der Waals surface area (Å²) in [4.78, 5) is 4.43. The average molecular weight is 285 g/mol. The van der Waals surface area contributed by atoms with E-state index in [2.05, 4.69) is 52.2 Å². The van der Waals surface area contributed by atoms with E-state index in [1.807, 2.05) is 6.20 Å². The van der Waals surface area contributed by atoms with Crippen molar-refractivity contribution >= 4 is 15.9 Å². The molecule has 0 amide bonds. The average Bonchev–Trinajstić information content (AvgIpc) is 2.29. The first kappa shape index (κ1) is 13.7. The topological polar surface area (TPSA) is 24.9 Å². The third-order valence-electron chi connectivity index (χ3n) is 2.67. The van der Waals surface area contributed by atoms with E-state index in [4.69, 9.17) is 0 Å². The smallest absolute Gasteiger partial charge is 0.0413 e. The third-order valence-corrected chi connectivity index (χ3v) is 3.14. The largest absolute Gasteiger partial charge is 0.317 e. The van der Waals surface area contributed by atoms with Crippen LogP contribution in [0.4, 0.5) is 0 Å². The van der Waals surface area contributed by atoms with Gasteiger partial charge in [0.2, 0.25) is 0 Å². The highest BCUT2D eigenvalue weighted by Gasteiger charge is 2.08. The van der Waals surface area contributed by atoms with Crippen LogP contribution in [0, 0.1) is 5.92 Å². The Labute approximate surface area is 107 Å². The van der Waals surface area contributed by atoms with E-state index in [-0.39, 0.29) is 0 Å². The fourth-order valence-electron chi connectivity index (χ4n) is 1.86. The number of nitrogens with one attached hydrogen (secondary N) is 1. The van der Waals surface area contributed by atoms with Crippen molar-refractivity contribution in [3.05, 3.63) is 28.5 Å². The second-order valence-corrected chi connectivity index (χ2v) is 5.05. The molecule has 0 aromatic carbocycles. The predicted molar refractivity (Wildman–Crippen MR) is 72.6 cm³/mol. The molecule has 90 valence electrons. The maximum atomic E-state index is 4.43. The van der Waals surface area contributed by atoms with E-state index in [1.54, 1.807) is 0 Å². The molecule has 1 heterocycles. The standard InChI is InChI=1S/C13H21BrN2/c1-3-5-11(9-15-4-2)8-13-7-6-12(14)10-16-13/h6-7,10-11,15H,3-5,8-9H2,1-2H3. The lowest BCUT2D eigenvalue weighted by Crippen LogP contribution is -2.24. The summed E-state index contributed by atoms with van der Waals surface area (Å²) in [6.07, 6.45) is 5.47. The lowest BCUT2D eigenvalue weighted by atomic mass is 9.97. The number of hydrogen-bond donors (Lipinski definition) is 1.